The van der Waals surface area contributed by atoms with Crippen LogP contribution in [0.5, 0.6) is 0 Å². The van der Waals surface area contributed by atoms with Crippen LogP contribution in [0, 0.1) is 0 Å². The quantitative estimate of drug-likeness (QED) is 0.605. The third-order valence-corrected chi connectivity index (χ3v) is 2.73. The Kier molecular flexibility index (Phi) is 9.19. The lowest BCUT2D eigenvalue weighted by atomic mass is 10.1. The van der Waals surface area contributed by atoms with Gasteiger partial charge in [-0.3, -0.25) is 4.79 Å². The fourth-order valence-corrected chi connectivity index (χ4v) is 1.55. The minimum Gasteiger partial charge on any atom is -0.355 e. The molecule has 0 saturated heterocycles. The Bertz CT molecular complexity index is 153. The van der Waals surface area contributed by atoms with Gasteiger partial charge in [0.15, 0.2) is 0 Å². The number of carbonyl (C=O) groups is 1. The van der Waals surface area contributed by atoms with Gasteiger partial charge in [-0.25, -0.2) is 0 Å². The molecule has 84 valence electrons. The molecule has 0 spiro atoms. The molecular weight excluding hydrogens is 196 g/mol. The minimum absolute atomic E-state index is 0.000414. The van der Waals surface area contributed by atoms with E-state index in [2.05, 4.69) is 18.5 Å². The predicted octanol–water partition coefficient (Wildman–Crippen LogP) is 1.37. The summed E-state index contributed by atoms with van der Waals surface area (Å²) < 4.78 is 0. The molecular formula is C10H22N2OS. The maximum absolute atomic E-state index is 11.4. The van der Waals surface area contributed by atoms with E-state index in [-0.39, 0.29) is 11.9 Å². The summed E-state index contributed by atoms with van der Waals surface area (Å²) in [6, 6.07) is -0.316. The maximum Gasteiger partial charge on any atom is 0.236 e. The lowest BCUT2D eigenvalue weighted by molar-refractivity contribution is -0.122. The Morgan fingerprint density at radius 2 is 2.21 bits per heavy atom. The van der Waals surface area contributed by atoms with Crippen LogP contribution in [-0.4, -0.2) is 30.5 Å². The summed E-state index contributed by atoms with van der Waals surface area (Å²) >= 11 is 1.79. The molecule has 0 aliphatic heterocycles. The molecule has 0 aromatic rings. The van der Waals surface area contributed by atoms with Gasteiger partial charge < -0.3 is 11.1 Å². The third-order valence-electron chi connectivity index (χ3n) is 2.03. The molecule has 3 N–H and O–H groups in total. The number of carbonyl (C=O) groups excluding carboxylic acids is 1. The van der Waals surface area contributed by atoms with Gasteiger partial charge in [-0.05, 0) is 24.9 Å². The molecule has 0 rings (SSSR count). The van der Waals surface area contributed by atoms with E-state index >= 15 is 0 Å². The summed E-state index contributed by atoms with van der Waals surface area (Å²) in [7, 11) is 0. The number of nitrogens with two attached hydrogens (primary N) is 1. The van der Waals surface area contributed by atoms with Crippen LogP contribution in [-0.2, 0) is 4.79 Å². The normalized spacial score (nSPS) is 12.5. The molecule has 0 aliphatic rings. The molecule has 4 heteroatoms. The second-order valence-corrected chi connectivity index (χ2v) is 4.37. The second kappa shape index (κ2) is 9.34. The van der Waals surface area contributed by atoms with Crippen LogP contribution in [0.25, 0.3) is 0 Å². The average Bonchev–Trinajstić information content (AvgIpc) is 2.20. The molecule has 14 heavy (non-hydrogen) atoms. The highest BCUT2D eigenvalue weighted by Gasteiger charge is 2.10. The SMILES string of the molecule is CCCC[C@H](N)C(=O)NCCCSC. The molecule has 0 aromatic carbocycles. The zero-order valence-corrected chi connectivity index (χ0v) is 10.0. The molecule has 0 aromatic heterocycles. The minimum atomic E-state index is -0.316. The first kappa shape index (κ1) is 13.8. The van der Waals surface area contributed by atoms with Crippen molar-refractivity contribution in [3.05, 3.63) is 0 Å². The summed E-state index contributed by atoms with van der Waals surface area (Å²) in [6.45, 7) is 2.85. The van der Waals surface area contributed by atoms with Gasteiger partial charge in [0.05, 0.1) is 6.04 Å². The van der Waals surface area contributed by atoms with Crippen LogP contribution in [0.3, 0.4) is 0 Å². The van der Waals surface area contributed by atoms with E-state index in [0.717, 1.165) is 38.0 Å². The van der Waals surface area contributed by atoms with Crippen molar-refractivity contribution in [2.45, 2.75) is 38.6 Å². The van der Waals surface area contributed by atoms with Gasteiger partial charge in [0.1, 0.15) is 0 Å². The van der Waals surface area contributed by atoms with Gasteiger partial charge >= 0.3 is 0 Å². The van der Waals surface area contributed by atoms with Crippen LogP contribution in [0.1, 0.15) is 32.6 Å². The highest BCUT2D eigenvalue weighted by molar-refractivity contribution is 7.98. The van der Waals surface area contributed by atoms with Gasteiger partial charge in [-0.2, -0.15) is 11.8 Å². The van der Waals surface area contributed by atoms with Crippen LogP contribution < -0.4 is 11.1 Å². The fourth-order valence-electron chi connectivity index (χ4n) is 1.11. The smallest absolute Gasteiger partial charge is 0.236 e. The number of hydrogen-bond donors (Lipinski definition) is 2. The average molecular weight is 218 g/mol. The van der Waals surface area contributed by atoms with Crippen molar-refractivity contribution in [1.29, 1.82) is 0 Å². The number of unbranched alkanes of at least 4 members (excludes halogenated alkanes) is 1. The van der Waals surface area contributed by atoms with Crippen LogP contribution >= 0.6 is 11.8 Å². The van der Waals surface area contributed by atoms with E-state index in [1.807, 2.05) is 0 Å². The van der Waals surface area contributed by atoms with E-state index < -0.39 is 0 Å². The molecule has 0 saturated carbocycles. The zero-order valence-electron chi connectivity index (χ0n) is 9.21. The van der Waals surface area contributed by atoms with Gasteiger partial charge in [-0.1, -0.05) is 19.8 Å². The molecule has 0 bridgehead atoms. The first-order valence-electron chi connectivity index (χ1n) is 5.24. The first-order valence-corrected chi connectivity index (χ1v) is 6.64. The van der Waals surface area contributed by atoms with Crippen LogP contribution in [0.2, 0.25) is 0 Å². The molecule has 0 heterocycles. The van der Waals surface area contributed by atoms with Gasteiger partial charge in [0.25, 0.3) is 0 Å². The monoisotopic (exact) mass is 218 g/mol. The Labute approximate surface area is 91.2 Å². The van der Waals surface area contributed by atoms with Gasteiger partial charge in [0.2, 0.25) is 5.91 Å². The number of rotatable bonds is 8. The van der Waals surface area contributed by atoms with E-state index in [4.69, 9.17) is 5.73 Å². The van der Waals surface area contributed by atoms with Crippen molar-refractivity contribution in [3.63, 3.8) is 0 Å². The number of thioether (sulfide) groups is 1. The molecule has 1 atom stereocenters. The summed E-state index contributed by atoms with van der Waals surface area (Å²) in [5.41, 5.74) is 5.70. The van der Waals surface area contributed by atoms with Crippen molar-refractivity contribution in [3.8, 4) is 0 Å². The lowest BCUT2D eigenvalue weighted by Gasteiger charge is -2.11. The van der Waals surface area contributed by atoms with E-state index in [1.165, 1.54) is 0 Å². The summed E-state index contributed by atoms with van der Waals surface area (Å²) in [4.78, 5) is 11.4. The Hall–Kier alpha value is -0.220. The molecule has 0 unspecified atom stereocenters. The summed E-state index contributed by atoms with van der Waals surface area (Å²) in [5.74, 6) is 1.09. The van der Waals surface area contributed by atoms with Crippen LogP contribution in [0.4, 0.5) is 0 Å². The highest BCUT2D eigenvalue weighted by Crippen LogP contribution is 1.98. The largest absolute Gasteiger partial charge is 0.355 e. The fraction of sp³-hybridized carbons (Fsp3) is 0.900. The molecule has 1 amide bonds. The van der Waals surface area contributed by atoms with Crippen molar-refractivity contribution in [2.75, 3.05) is 18.6 Å². The van der Waals surface area contributed by atoms with Crippen molar-refractivity contribution < 1.29 is 4.79 Å². The summed E-state index contributed by atoms with van der Waals surface area (Å²) in [6.07, 6.45) is 6.00. The van der Waals surface area contributed by atoms with Gasteiger partial charge in [-0.15, -0.1) is 0 Å². The third kappa shape index (κ3) is 7.21. The van der Waals surface area contributed by atoms with E-state index in [1.54, 1.807) is 11.8 Å². The Balaban J connectivity index is 3.42. The predicted molar refractivity (Wildman–Crippen MR) is 63.5 cm³/mol. The maximum atomic E-state index is 11.4. The standard InChI is InChI=1S/C10H22N2OS/c1-3-4-6-9(11)10(13)12-7-5-8-14-2/h9H,3-8,11H2,1-2H3,(H,12,13)/t9-/m0/s1. The number of hydrogen-bond acceptors (Lipinski definition) is 3. The van der Waals surface area contributed by atoms with Crippen molar-refractivity contribution >= 4 is 17.7 Å². The molecule has 3 nitrogen and oxygen atoms in total. The lowest BCUT2D eigenvalue weighted by Crippen LogP contribution is -2.40. The molecule has 0 radical (unpaired) electrons. The van der Waals surface area contributed by atoms with Crippen molar-refractivity contribution in [1.82, 2.24) is 5.32 Å². The molecule has 0 fully saturated rings. The van der Waals surface area contributed by atoms with E-state index in [0.29, 0.717) is 0 Å². The van der Waals surface area contributed by atoms with Crippen LogP contribution in [0.15, 0.2) is 0 Å². The number of amides is 1. The zero-order chi connectivity index (χ0) is 10.8. The van der Waals surface area contributed by atoms with Crippen molar-refractivity contribution in [2.24, 2.45) is 5.73 Å². The second-order valence-electron chi connectivity index (χ2n) is 3.39. The number of nitrogens with one attached hydrogen (secondary N) is 1. The van der Waals surface area contributed by atoms with Gasteiger partial charge in [0, 0.05) is 6.54 Å². The summed E-state index contributed by atoms with van der Waals surface area (Å²) in [5, 5.41) is 2.85. The topological polar surface area (TPSA) is 55.1 Å². The first-order chi connectivity index (χ1) is 6.72. The highest BCUT2D eigenvalue weighted by atomic mass is 32.2. The van der Waals surface area contributed by atoms with E-state index in [9.17, 15) is 4.79 Å². The Morgan fingerprint density at radius 3 is 2.79 bits per heavy atom. The molecule has 0 aliphatic carbocycles. The Morgan fingerprint density at radius 1 is 1.50 bits per heavy atom.